The number of ether oxygens (including phenoxy) is 1. The van der Waals surface area contributed by atoms with Gasteiger partial charge in [-0.05, 0) is 60.3 Å². The average molecular weight is 332 g/mol. The molecule has 108 valence electrons. The highest BCUT2D eigenvalue weighted by Crippen LogP contribution is 2.22. The van der Waals surface area contributed by atoms with Gasteiger partial charge >= 0.3 is 0 Å². The third-order valence-electron chi connectivity index (χ3n) is 3.04. The molecule has 2 nitrogen and oxygen atoms in total. The van der Waals surface area contributed by atoms with Gasteiger partial charge in [0.25, 0.3) is 0 Å². The van der Waals surface area contributed by atoms with E-state index in [1.807, 2.05) is 13.0 Å². The summed E-state index contributed by atoms with van der Waals surface area (Å²) in [7, 11) is 0. The van der Waals surface area contributed by atoms with Gasteiger partial charge in [0, 0.05) is 19.3 Å². The lowest BCUT2D eigenvalue weighted by Gasteiger charge is -2.18. The van der Waals surface area contributed by atoms with Crippen LogP contribution in [0, 0.1) is 5.82 Å². The van der Waals surface area contributed by atoms with Gasteiger partial charge in [-0.15, -0.1) is 0 Å². The van der Waals surface area contributed by atoms with Crippen molar-refractivity contribution >= 4 is 15.9 Å². The van der Waals surface area contributed by atoms with Gasteiger partial charge in [0.05, 0.1) is 4.47 Å². The number of nitrogens with one attached hydrogen (secondary N) is 1. The molecule has 0 heterocycles. The van der Waals surface area contributed by atoms with Gasteiger partial charge in [-0.25, -0.2) is 4.39 Å². The molecular formula is C15H23BrFNO. The lowest BCUT2D eigenvalue weighted by molar-refractivity contribution is 0.141. The maximum atomic E-state index is 13.5. The molecule has 0 radical (unpaired) electrons. The van der Waals surface area contributed by atoms with Gasteiger partial charge in [-0.2, -0.15) is 0 Å². The van der Waals surface area contributed by atoms with Crippen LogP contribution in [0.3, 0.4) is 0 Å². The number of hydrogen-bond acceptors (Lipinski definition) is 2. The first-order valence-electron chi connectivity index (χ1n) is 6.93. The molecule has 0 amide bonds. The van der Waals surface area contributed by atoms with Gasteiger partial charge < -0.3 is 10.1 Å². The second-order valence-electron chi connectivity index (χ2n) is 4.51. The van der Waals surface area contributed by atoms with E-state index in [1.165, 1.54) is 6.07 Å². The topological polar surface area (TPSA) is 21.3 Å². The zero-order chi connectivity index (χ0) is 14.1. The van der Waals surface area contributed by atoms with E-state index in [0.29, 0.717) is 10.5 Å². The molecule has 0 saturated carbocycles. The molecule has 4 heteroatoms. The van der Waals surface area contributed by atoms with Gasteiger partial charge in [0.1, 0.15) is 5.82 Å². The molecule has 1 aromatic rings. The Bertz CT molecular complexity index is 373. The second kappa shape index (κ2) is 9.45. The van der Waals surface area contributed by atoms with Crippen molar-refractivity contribution in [1.82, 2.24) is 5.32 Å². The summed E-state index contributed by atoms with van der Waals surface area (Å²) < 4.78 is 19.4. The van der Waals surface area contributed by atoms with E-state index >= 15 is 0 Å². The Morgan fingerprint density at radius 1 is 1.37 bits per heavy atom. The van der Waals surface area contributed by atoms with E-state index in [0.717, 1.165) is 44.6 Å². The maximum absolute atomic E-state index is 13.5. The van der Waals surface area contributed by atoms with Crippen molar-refractivity contribution in [2.24, 2.45) is 0 Å². The molecule has 1 N–H and O–H groups in total. The van der Waals surface area contributed by atoms with E-state index in [9.17, 15) is 4.39 Å². The Morgan fingerprint density at radius 3 is 2.84 bits per heavy atom. The fraction of sp³-hybridized carbons (Fsp3) is 0.600. The minimum atomic E-state index is -0.193. The quantitative estimate of drug-likeness (QED) is 0.692. The molecule has 1 atom stereocenters. The van der Waals surface area contributed by atoms with Gasteiger partial charge in [0.15, 0.2) is 0 Å². The molecule has 19 heavy (non-hydrogen) atoms. The van der Waals surface area contributed by atoms with Crippen LogP contribution in [0.4, 0.5) is 4.39 Å². The van der Waals surface area contributed by atoms with Crippen molar-refractivity contribution in [3.63, 3.8) is 0 Å². The summed E-state index contributed by atoms with van der Waals surface area (Å²) >= 11 is 3.33. The fourth-order valence-corrected chi connectivity index (χ4v) is 2.54. The van der Waals surface area contributed by atoms with Crippen LogP contribution >= 0.6 is 15.9 Å². The number of halogens is 2. The van der Waals surface area contributed by atoms with Crippen LogP contribution in [0.1, 0.15) is 32.3 Å². The summed E-state index contributed by atoms with van der Waals surface area (Å²) in [6.45, 7) is 6.58. The number of benzene rings is 1. The standard InChI is InChI=1S/C15H23BrFNO/c1-3-18-13(8-6-10-19-4-2)11-12-7-5-9-14(17)15(12)16/h5,7,9,13,18H,3-4,6,8,10-11H2,1-2H3. The van der Waals surface area contributed by atoms with Crippen molar-refractivity contribution < 1.29 is 9.13 Å². The Balaban J connectivity index is 2.54. The van der Waals surface area contributed by atoms with Crippen molar-refractivity contribution in [2.75, 3.05) is 19.8 Å². The van der Waals surface area contributed by atoms with Gasteiger partial charge in [-0.1, -0.05) is 19.1 Å². The van der Waals surface area contributed by atoms with Gasteiger partial charge in [0.2, 0.25) is 0 Å². The third kappa shape index (κ3) is 6.02. The lowest BCUT2D eigenvalue weighted by atomic mass is 10.0. The fourth-order valence-electron chi connectivity index (χ4n) is 2.11. The zero-order valence-corrected chi connectivity index (χ0v) is 13.3. The summed E-state index contributed by atoms with van der Waals surface area (Å²) in [4.78, 5) is 0. The monoisotopic (exact) mass is 331 g/mol. The highest BCUT2D eigenvalue weighted by Gasteiger charge is 2.12. The van der Waals surface area contributed by atoms with Crippen LogP contribution < -0.4 is 5.32 Å². The molecule has 0 saturated heterocycles. The predicted molar refractivity (Wildman–Crippen MR) is 81.0 cm³/mol. The smallest absolute Gasteiger partial charge is 0.137 e. The number of hydrogen-bond donors (Lipinski definition) is 1. The van der Waals surface area contributed by atoms with E-state index in [-0.39, 0.29) is 5.82 Å². The number of likely N-dealkylation sites (N-methyl/N-ethyl adjacent to an activating group) is 1. The van der Waals surface area contributed by atoms with Crippen LogP contribution in [-0.2, 0) is 11.2 Å². The highest BCUT2D eigenvalue weighted by molar-refractivity contribution is 9.10. The van der Waals surface area contributed by atoms with Crippen molar-refractivity contribution in [3.05, 3.63) is 34.1 Å². The van der Waals surface area contributed by atoms with E-state index in [4.69, 9.17) is 4.74 Å². The van der Waals surface area contributed by atoms with Crippen LogP contribution in [-0.4, -0.2) is 25.8 Å². The summed E-state index contributed by atoms with van der Waals surface area (Å²) in [5.41, 5.74) is 1.02. The second-order valence-corrected chi connectivity index (χ2v) is 5.30. The maximum Gasteiger partial charge on any atom is 0.137 e. The van der Waals surface area contributed by atoms with E-state index < -0.39 is 0 Å². The molecular weight excluding hydrogens is 309 g/mol. The van der Waals surface area contributed by atoms with Crippen LogP contribution in [0.5, 0.6) is 0 Å². The Morgan fingerprint density at radius 2 is 2.16 bits per heavy atom. The van der Waals surface area contributed by atoms with Crippen molar-refractivity contribution in [3.8, 4) is 0 Å². The molecule has 0 aliphatic rings. The van der Waals surface area contributed by atoms with Crippen LogP contribution in [0.15, 0.2) is 22.7 Å². The van der Waals surface area contributed by atoms with Crippen LogP contribution in [0.2, 0.25) is 0 Å². The first-order valence-corrected chi connectivity index (χ1v) is 7.72. The highest BCUT2D eigenvalue weighted by atomic mass is 79.9. The average Bonchev–Trinajstić information content (AvgIpc) is 2.40. The number of rotatable bonds is 9. The largest absolute Gasteiger partial charge is 0.382 e. The minimum absolute atomic E-state index is 0.193. The first-order chi connectivity index (χ1) is 9.19. The van der Waals surface area contributed by atoms with Crippen molar-refractivity contribution in [1.29, 1.82) is 0 Å². The molecule has 0 bridgehead atoms. The summed E-state index contributed by atoms with van der Waals surface area (Å²) in [5.74, 6) is -0.193. The molecule has 0 aliphatic heterocycles. The molecule has 1 rings (SSSR count). The summed E-state index contributed by atoms with van der Waals surface area (Å²) in [5, 5.41) is 3.46. The zero-order valence-electron chi connectivity index (χ0n) is 11.7. The Kier molecular flexibility index (Phi) is 8.26. The van der Waals surface area contributed by atoms with Crippen molar-refractivity contribution in [2.45, 2.75) is 39.2 Å². The third-order valence-corrected chi connectivity index (χ3v) is 3.92. The summed E-state index contributed by atoms with van der Waals surface area (Å²) in [6, 6.07) is 5.58. The SMILES string of the molecule is CCNC(CCCOCC)Cc1cccc(F)c1Br. The van der Waals surface area contributed by atoms with Crippen LogP contribution in [0.25, 0.3) is 0 Å². The van der Waals surface area contributed by atoms with E-state index in [2.05, 4.69) is 28.2 Å². The van der Waals surface area contributed by atoms with E-state index in [1.54, 1.807) is 6.07 Å². The molecule has 1 unspecified atom stereocenters. The predicted octanol–water partition coefficient (Wildman–Crippen LogP) is 3.93. The Hall–Kier alpha value is -0.450. The molecule has 1 aromatic carbocycles. The lowest BCUT2D eigenvalue weighted by Crippen LogP contribution is -2.31. The molecule has 0 spiro atoms. The normalized spacial score (nSPS) is 12.6. The molecule has 0 aliphatic carbocycles. The first kappa shape index (κ1) is 16.6. The molecule has 0 fully saturated rings. The van der Waals surface area contributed by atoms with Gasteiger partial charge in [-0.3, -0.25) is 0 Å². The molecule has 0 aromatic heterocycles. The summed E-state index contributed by atoms with van der Waals surface area (Å²) in [6.07, 6.45) is 2.90. The Labute approximate surface area is 123 Å². The minimum Gasteiger partial charge on any atom is -0.382 e.